The highest BCUT2D eigenvalue weighted by Gasteiger charge is 2.40. The number of anilines is 1. The SMILES string of the molecule is CCC1SCc2ncnc(N3CCN(C(=O)[C@@H](Cc4ccc(Cl)cc4)N(C(=O)O)C(C)(C)C)CC3)c21. The zero-order valence-corrected chi connectivity index (χ0v) is 22.8. The number of thioether (sulfide) groups is 1. The van der Waals surface area contributed by atoms with E-state index in [1.54, 1.807) is 23.4 Å². The van der Waals surface area contributed by atoms with E-state index < -0.39 is 17.7 Å². The van der Waals surface area contributed by atoms with E-state index >= 15 is 0 Å². The first-order valence-electron chi connectivity index (χ1n) is 12.4. The van der Waals surface area contributed by atoms with Gasteiger partial charge in [-0.05, 0) is 44.9 Å². The number of halogens is 1. The second-order valence-corrected chi connectivity index (χ2v) is 11.9. The van der Waals surface area contributed by atoms with Crippen molar-refractivity contribution in [3.05, 3.63) is 52.4 Å². The van der Waals surface area contributed by atoms with E-state index in [4.69, 9.17) is 11.6 Å². The second kappa shape index (κ2) is 10.8. The Morgan fingerprint density at radius 1 is 1.17 bits per heavy atom. The topological polar surface area (TPSA) is 89.9 Å². The molecule has 0 bridgehead atoms. The molecule has 194 valence electrons. The van der Waals surface area contributed by atoms with Crippen LogP contribution >= 0.6 is 23.4 Å². The molecule has 1 fully saturated rings. The summed E-state index contributed by atoms with van der Waals surface area (Å²) in [5.41, 5.74) is 2.47. The van der Waals surface area contributed by atoms with Crippen molar-refractivity contribution in [3.8, 4) is 0 Å². The predicted octanol–water partition coefficient (Wildman–Crippen LogP) is 4.87. The molecule has 2 aromatic rings. The van der Waals surface area contributed by atoms with E-state index in [2.05, 4.69) is 21.8 Å². The largest absolute Gasteiger partial charge is 0.465 e. The number of benzene rings is 1. The summed E-state index contributed by atoms with van der Waals surface area (Å²) in [4.78, 5) is 40.6. The molecule has 0 radical (unpaired) electrons. The highest BCUT2D eigenvalue weighted by molar-refractivity contribution is 7.99. The number of nitrogens with zero attached hydrogens (tertiary/aromatic N) is 5. The van der Waals surface area contributed by atoms with Crippen LogP contribution < -0.4 is 4.90 Å². The molecule has 0 spiro atoms. The van der Waals surface area contributed by atoms with Crippen LogP contribution in [0.5, 0.6) is 0 Å². The van der Waals surface area contributed by atoms with Gasteiger partial charge in [0.1, 0.15) is 18.2 Å². The van der Waals surface area contributed by atoms with E-state index in [0.717, 1.165) is 29.2 Å². The summed E-state index contributed by atoms with van der Waals surface area (Å²) in [5, 5.41) is 11.1. The van der Waals surface area contributed by atoms with Crippen molar-refractivity contribution in [3.63, 3.8) is 0 Å². The molecule has 0 aliphatic carbocycles. The molecule has 1 unspecified atom stereocenters. The summed E-state index contributed by atoms with van der Waals surface area (Å²) in [6.07, 6.45) is 1.85. The van der Waals surface area contributed by atoms with Crippen molar-refractivity contribution < 1.29 is 14.7 Å². The van der Waals surface area contributed by atoms with E-state index in [-0.39, 0.29) is 12.3 Å². The molecule has 2 aliphatic rings. The number of fused-ring (bicyclic) bond motifs is 1. The zero-order chi connectivity index (χ0) is 26.0. The van der Waals surface area contributed by atoms with Crippen molar-refractivity contribution in [2.75, 3.05) is 31.1 Å². The molecule has 1 saturated heterocycles. The maximum absolute atomic E-state index is 13.8. The fourth-order valence-corrected chi connectivity index (χ4v) is 6.43. The Hall–Kier alpha value is -2.52. The molecule has 2 atom stereocenters. The molecule has 3 heterocycles. The van der Waals surface area contributed by atoms with Gasteiger partial charge in [-0.25, -0.2) is 14.8 Å². The average molecular weight is 532 g/mol. The highest BCUT2D eigenvalue weighted by atomic mass is 35.5. The fraction of sp³-hybridized carbons (Fsp3) is 0.538. The molecule has 0 saturated carbocycles. The van der Waals surface area contributed by atoms with Crippen LogP contribution in [0, 0.1) is 0 Å². The summed E-state index contributed by atoms with van der Waals surface area (Å²) in [6, 6.07) is 6.39. The summed E-state index contributed by atoms with van der Waals surface area (Å²) in [6.45, 7) is 9.95. The molecule has 2 amide bonds. The van der Waals surface area contributed by atoms with Gasteiger partial charge in [0.15, 0.2) is 0 Å². The van der Waals surface area contributed by atoms with Gasteiger partial charge in [0.25, 0.3) is 0 Å². The number of rotatable bonds is 6. The number of carboxylic acid groups (broad SMARTS) is 1. The number of piperazine rings is 1. The molecule has 4 rings (SSSR count). The molecule has 10 heteroatoms. The predicted molar refractivity (Wildman–Crippen MR) is 144 cm³/mol. The molecule has 1 N–H and O–H groups in total. The third-order valence-electron chi connectivity index (χ3n) is 6.82. The van der Waals surface area contributed by atoms with E-state index in [0.29, 0.717) is 36.5 Å². The van der Waals surface area contributed by atoms with E-state index in [1.807, 2.05) is 44.7 Å². The summed E-state index contributed by atoms with van der Waals surface area (Å²) < 4.78 is 0. The van der Waals surface area contributed by atoms with Crippen molar-refractivity contribution in [2.24, 2.45) is 0 Å². The molecule has 36 heavy (non-hydrogen) atoms. The average Bonchev–Trinajstić information content (AvgIpc) is 3.27. The van der Waals surface area contributed by atoms with Gasteiger partial charge in [-0.15, -0.1) is 11.8 Å². The molecule has 8 nitrogen and oxygen atoms in total. The fourth-order valence-electron chi connectivity index (χ4n) is 5.07. The number of carbonyl (C=O) groups is 2. The monoisotopic (exact) mass is 531 g/mol. The van der Waals surface area contributed by atoms with Gasteiger partial charge in [0.2, 0.25) is 5.91 Å². The van der Waals surface area contributed by atoms with Gasteiger partial charge in [0.05, 0.1) is 5.69 Å². The molecule has 1 aromatic carbocycles. The molecular formula is C26H34ClN5O3S. The van der Waals surface area contributed by atoms with Crippen LogP contribution in [0.4, 0.5) is 10.6 Å². The minimum Gasteiger partial charge on any atom is -0.465 e. The first-order valence-corrected chi connectivity index (χ1v) is 13.8. The number of carbonyl (C=O) groups excluding carboxylic acids is 1. The Balaban J connectivity index is 1.54. The smallest absolute Gasteiger partial charge is 0.408 e. The first-order chi connectivity index (χ1) is 17.1. The summed E-state index contributed by atoms with van der Waals surface area (Å²) in [5.74, 6) is 1.71. The van der Waals surface area contributed by atoms with Gasteiger partial charge >= 0.3 is 6.09 Å². The molecular weight excluding hydrogens is 498 g/mol. The minimum atomic E-state index is -1.10. The van der Waals surface area contributed by atoms with E-state index in [1.165, 1.54) is 10.5 Å². The van der Waals surface area contributed by atoms with Gasteiger partial charge in [-0.1, -0.05) is 30.7 Å². The Kier molecular flexibility index (Phi) is 7.99. The van der Waals surface area contributed by atoms with Crippen molar-refractivity contribution in [1.29, 1.82) is 0 Å². The highest BCUT2D eigenvalue weighted by Crippen LogP contribution is 2.46. The lowest BCUT2D eigenvalue weighted by molar-refractivity contribution is -0.138. The van der Waals surface area contributed by atoms with Crippen LogP contribution in [0.25, 0.3) is 0 Å². The van der Waals surface area contributed by atoms with Crippen LogP contribution in [-0.2, 0) is 17.0 Å². The molecule has 1 aromatic heterocycles. The Labute approximate surface area is 222 Å². The van der Waals surface area contributed by atoms with Crippen LogP contribution in [0.3, 0.4) is 0 Å². The summed E-state index contributed by atoms with van der Waals surface area (Å²) >= 11 is 7.95. The number of hydrogen-bond donors (Lipinski definition) is 1. The lowest BCUT2D eigenvalue weighted by Crippen LogP contribution is -2.60. The molecule has 2 aliphatic heterocycles. The van der Waals surface area contributed by atoms with Crippen LogP contribution in [0.15, 0.2) is 30.6 Å². The Morgan fingerprint density at radius 3 is 2.42 bits per heavy atom. The van der Waals surface area contributed by atoms with Crippen molar-refractivity contribution in [1.82, 2.24) is 19.8 Å². The lowest BCUT2D eigenvalue weighted by Gasteiger charge is -2.43. The second-order valence-electron chi connectivity index (χ2n) is 10.2. The third kappa shape index (κ3) is 5.57. The van der Waals surface area contributed by atoms with Crippen LogP contribution in [0.1, 0.15) is 56.2 Å². The summed E-state index contributed by atoms with van der Waals surface area (Å²) in [7, 11) is 0. The van der Waals surface area contributed by atoms with Gasteiger partial charge in [-0.3, -0.25) is 9.69 Å². The number of aromatic nitrogens is 2. The Bertz CT molecular complexity index is 1100. The maximum Gasteiger partial charge on any atom is 0.408 e. The number of hydrogen-bond acceptors (Lipinski definition) is 6. The van der Waals surface area contributed by atoms with E-state index in [9.17, 15) is 14.7 Å². The normalized spacial score (nSPS) is 18.6. The lowest BCUT2D eigenvalue weighted by atomic mass is 9.97. The standard InChI is InChI=1S/C26H34ClN5O3S/c1-5-21-22-19(15-36-21)28-16-29-23(22)30-10-12-31(13-11-30)24(33)20(32(25(34)35)26(2,3)4)14-17-6-8-18(27)9-7-17/h6-9,16,20-21H,5,10-15H2,1-4H3,(H,34,35)/t20-,21?/m1/s1. The third-order valence-corrected chi connectivity index (χ3v) is 8.48. The minimum absolute atomic E-state index is 0.170. The maximum atomic E-state index is 13.8. The number of amides is 2. The quantitative estimate of drug-likeness (QED) is 0.569. The van der Waals surface area contributed by atoms with Crippen LogP contribution in [0.2, 0.25) is 5.02 Å². The zero-order valence-electron chi connectivity index (χ0n) is 21.3. The Morgan fingerprint density at radius 2 is 1.83 bits per heavy atom. The van der Waals surface area contributed by atoms with Crippen molar-refractivity contribution >= 4 is 41.2 Å². The van der Waals surface area contributed by atoms with Gasteiger partial charge in [0, 0.05) is 59.7 Å². The van der Waals surface area contributed by atoms with Gasteiger partial charge < -0.3 is 14.9 Å². The van der Waals surface area contributed by atoms with Crippen molar-refractivity contribution in [2.45, 2.75) is 63.1 Å². The van der Waals surface area contributed by atoms with Gasteiger partial charge in [-0.2, -0.15) is 0 Å². The van der Waals surface area contributed by atoms with Crippen LogP contribution in [-0.4, -0.2) is 74.6 Å². The first kappa shape index (κ1) is 26.5.